The van der Waals surface area contributed by atoms with E-state index in [2.05, 4.69) is 40.7 Å². The zero-order chi connectivity index (χ0) is 18.7. The van der Waals surface area contributed by atoms with Crippen LogP contribution in [0.5, 0.6) is 0 Å². The first-order valence-corrected chi connectivity index (χ1v) is 9.81. The van der Waals surface area contributed by atoms with Crippen molar-refractivity contribution in [3.63, 3.8) is 0 Å². The number of ether oxygens (including phenoxy) is 2. The molecular formula is C21H36IN3O2. The molecule has 0 spiro atoms. The quantitative estimate of drug-likeness (QED) is 0.225. The summed E-state index contributed by atoms with van der Waals surface area (Å²) in [5.41, 5.74) is 2.80. The maximum atomic E-state index is 5.61. The zero-order valence-electron chi connectivity index (χ0n) is 17.1. The minimum atomic E-state index is 0. The summed E-state index contributed by atoms with van der Waals surface area (Å²) in [5, 5.41) is 7.00. The van der Waals surface area contributed by atoms with Gasteiger partial charge in [-0.3, -0.25) is 4.99 Å². The van der Waals surface area contributed by atoms with Gasteiger partial charge in [0.2, 0.25) is 0 Å². The van der Waals surface area contributed by atoms with E-state index in [0.717, 1.165) is 38.7 Å². The van der Waals surface area contributed by atoms with Crippen molar-refractivity contribution in [3.8, 4) is 0 Å². The number of benzene rings is 1. The Bertz CT molecular complexity index is 560. The lowest BCUT2D eigenvalue weighted by atomic mass is 9.83. The van der Waals surface area contributed by atoms with Crippen LogP contribution in [-0.4, -0.2) is 39.9 Å². The molecule has 5 nitrogen and oxygen atoms in total. The number of halogens is 1. The Morgan fingerprint density at radius 2 is 1.85 bits per heavy atom. The maximum Gasteiger partial charge on any atom is 0.191 e. The molecule has 0 unspecified atom stereocenters. The van der Waals surface area contributed by atoms with E-state index < -0.39 is 0 Å². The molecule has 1 aromatic rings. The lowest BCUT2D eigenvalue weighted by molar-refractivity contribution is 0.105. The van der Waals surface area contributed by atoms with Gasteiger partial charge in [0.05, 0.1) is 6.61 Å². The summed E-state index contributed by atoms with van der Waals surface area (Å²) in [4.78, 5) is 4.40. The largest absolute Gasteiger partial charge is 0.382 e. The molecular weight excluding hydrogens is 453 g/mol. The van der Waals surface area contributed by atoms with Crippen molar-refractivity contribution in [1.82, 2.24) is 10.6 Å². The first kappa shape index (κ1) is 24.2. The van der Waals surface area contributed by atoms with Crippen LogP contribution < -0.4 is 10.6 Å². The van der Waals surface area contributed by atoms with Gasteiger partial charge in [-0.1, -0.05) is 37.1 Å². The van der Waals surface area contributed by atoms with Crippen LogP contribution in [0.25, 0.3) is 0 Å². The summed E-state index contributed by atoms with van der Waals surface area (Å²) < 4.78 is 10.9. The molecule has 1 aliphatic carbocycles. The van der Waals surface area contributed by atoms with E-state index >= 15 is 0 Å². The van der Waals surface area contributed by atoms with Crippen molar-refractivity contribution in [2.45, 2.75) is 52.2 Å². The van der Waals surface area contributed by atoms with E-state index in [0.29, 0.717) is 12.0 Å². The van der Waals surface area contributed by atoms with Crippen molar-refractivity contribution in [2.24, 2.45) is 10.4 Å². The average Bonchev–Trinajstić information content (AvgIpc) is 3.12. The molecule has 154 valence electrons. The molecule has 1 aliphatic rings. The number of nitrogens with one attached hydrogen (secondary N) is 2. The number of hydrogen-bond acceptors (Lipinski definition) is 3. The molecule has 0 amide bonds. The number of hydrogen-bond donors (Lipinski definition) is 2. The molecule has 27 heavy (non-hydrogen) atoms. The SMILES string of the molecule is CCOCCC1(CNC(=NC)NCc2ccccc2COC)CCCC1.I. The third kappa shape index (κ3) is 7.95. The molecule has 0 heterocycles. The fourth-order valence-electron chi connectivity index (χ4n) is 3.77. The molecule has 0 aliphatic heterocycles. The third-order valence-corrected chi connectivity index (χ3v) is 5.36. The van der Waals surface area contributed by atoms with Crippen molar-refractivity contribution >= 4 is 29.9 Å². The second-order valence-electron chi connectivity index (χ2n) is 7.14. The number of aliphatic imine (C=N–C) groups is 1. The predicted molar refractivity (Wildman–Crippen MR) is 123 cm³/mol. The fourth-order valence-corrected chi connectivity index (χ4v) is 3.77. The van der Waals surface area contributed by atoms with Crippen LogP contribution in [0, 0.1) is 5.41 Å². The number of methoxy groups -OCH3 is 1. The van der Waals surface area contributed by atoms with Gasteiger partial charge in [-0.05, 0) is 42.7 Å². The topological polar surface area (TPSA) is 54.9 Å². The van der Waals surface area contributed by atoms with Crippen LogP contribution in [0.15, 0.2) is 29.3 Å². The van der Waals surface area contributed by atoms with Gasteiger partial charge < -0.3 is 20.1 Å². The summed E-state index contributed by atoms with van der Waals surface area (Å²) in [6, 6.07) is 8.36. The molecule has 1 aromatic carbocycles. The second-order valence-corrected chi connectivity index (χ2v) is 7.14. The maximum absolute atomic E-state index is 5.61. The lowest BCUT2D eigenvalue weighted by Crippen LogP contribution is -2.43. The molecule has 1 saturated carbocycles. The van der Waals surface area contributed by atoms with E-state index in [9.17, 15) is 0 Å². The van der Waals surface area contributed by atoms with Gasteiger partial charge in [0.1, 0.15) is 0 Å². The summed E-state index contributed by atoms with van der Waals surface area (Å²) in [6.45, 7) is 6.05. The zero-order valence-corrected chi connectivity index (χ0v) is 19.4. The Morgan fingerprint density at radius 1 is 1.15 bits per heavy atom. The van der Waals surface area contributed by atoms with Crippen LogP contribution in [0.2, 0.25) is 0 Å². The molecule has 1 fully saturated rings. The summed E-state index contributed by atoms with van der Waals surface area (Å²) in [5.74, 6) is 0.861. The van der Waals surface area contributed by atoms with Crippen molar-refractivity contribution in [2.75, 3.05) is 33.9 Å². The van der Waals surface area contributed by atoms with Crippen LogP contribution >= 0.6 is 24.0 Å². The van der Waals surface area contributed by atoms with Gasteiger partial charge in [-0.25, -0.2) is 0 Å². The molecule has 2 N–H and O–H groups in total. The number of rotatable bonds is 10. The number of nitrogens with zero attached hydrogens (tertiary/aromatic N) is 1. The normalized spacial score (nSPS) is 16.0. The van der Waals surface area contributed by atoms with E-state index in [1.165, 1.54) is 36.8 Å². The van der Waals surface area contributed by atoms with Gasteiger partial charge in [0, 0.05) is 40.5 Å². The third-order valence-electron chi connectivity index (χ3n) is 5.36. The van der Waals surface area contributed by atoms with Crippen molar-refractivity contribution in [1.29, 1.82) is 0 Å². The smallest absolute Gasteiger partial charge is 0.191 e. The molecule has 0 radical (unpaired) electrons. The minimum Gasteiger partial charge on any atom is -0.382 e. The standard InChI is InChI=1S/C21H35N3O2.HI/c1-4-26-14-13-21(11-7-8-12-21)17-24-20(22-2)23-15-18-9-5-6-10-19(18)16-25-3;/h5-6,9-10H,4,7-8,11-17H2,1-3H3,(H2,22,23,24);1H. The highest BCUT2D eigenvalue weighted by molar-refractivity contribution is 14.0. The molecule has 0 aromatic heterocycles. The van der Waals surface area contributed by atoms with E-state index in [1.54, 1.807) is 7.11 Å². The van der Waals surface area contributed by atoms with Gasteiger partial charge in [-0.15, -0.1) is 24.0 Å². The van der Waals surface area contributed by atoms with Crippen LogP contribution in [0.1, 0.15) is 50.2 Å². The Balaban J connectivity index is 0.00000364. The Morgan fingerprint density at radius 3 is 2.48 bits per heavy atom. The number of guanidine groups is 1. The predicted octanol–water partition coefficient (Wildman–Crippen LogP) is 4.10. The van der Waals surface area contributed by atoms with Gasteiger partial charge in [-0.2, -0.15) is 0 Å². The molecule has 0 bridgehead atoms. The van der Waals surface area contributed by atoms with Crippen molar-refractivity contribution < 1.29 is 9.47 Å². The monoisotopic (exact) mass is 489 g/mol. The Kier molecular flexibility index (Phi) is 11.9. The summed E-state index contributed by atoms with van der Waals surface area (Å²) in [6.07, 6.45) is 6.33. The molecule has 6 heteroatoms. The van der Waals surface area contributed by atoms with Gasteiger partial charge in [0.25, 0.3) is 0 Å². The second kappa shape index (κ2) is 13.3. The van der Waals surface area contributed by atoms with Crippen molar-refractivity contribution in [3.05, 3.63) is 35.4 Å². The van der Waals surface area contributed by atoms with E-state index in [-0.39, 0.29) is 24.0 Å². The van der Waals surface area contributed by atoms with E-state index in [1.807, 2.05) is 13.1 Å². The first-order valence-electron chi connectivity index (χ1n) is 9.81. The summed E-state index contributed by atoms with van der Waals surface area (Å²) >= 11 is 0. The van der Waals surface area contributed by atoms with Gasteiger partial charge in [0.15, 0.2) is 5.96 Å². The average molecular weight is 489 g/mol. The lowest BCUT2D eigenvalue weighted by Gasteiger charge is -2.30. The van der Waals surface area contributed by atoms with Crippen LogP contribution in [0.4, 0.5) is 0 Å². The first-order chi connectivity index (χ1) is 12.7. The van der Waals surface area contributed by atoms with Crippen LogP contribution in [0.3, 0.4) is 0 Å². The van der Waals surface area contributed by atoms with Crippen LogP contribution in [-0.2, 0) is 22.6 Å². The Hall–Kier alpha value is -0.860. The molecule has 0 saturated heterocycles. The van der Waals surface area contributed by atoms with Gasteiger partial charge >= 0.3 is 0 Å². The Labute approximate surface area is 181 Å². The highest BCUT2D eigenvalue weighted by Crippen LogP contribution is 2.40. The molecule has 0 atom stereocenters. The van der Waals surface area contributed by atoms with E-state index in [4.69, 9.17) is 9.47 Å². The minimum absolute atomic E-state index is 0. The highest BCUT2D eigenvalue weighted by Gasteiger charge is 2.33. The highest BCUT2D eigenvalue weighted by atomic mass is 127. The molecule has 2 rings (SSSR count). The fraction of sp³-hybridized carbons (Fsp3) is 0.667. The summed E-state index contributed by atoms with van der Waals surface area (Å²) in [7, 11) is 3.56.